The molecule has 0 atom stereocenters. The average molecular weight is 300 g/mol. The van der Waals surface area contributed by atoms with Gasteiger partial charge in [0.1, 0.15) is 0 Å². The van der Waals surface area contributed by atoms with Gasteiger partial charge in [-0.1, -0.05) is 12.8 Å². The van der Waals surface area contributed by atoms with Crippen molar-refractivity contribution in [1.82, 2.24) is 10.3 Å². The monoisotopic (exact) mass is 300 g/mol. The number of aliphatic hydroxyl groups is 1. The van der Waals surface area contributed by atoms with Crippen molar-refractivity contribution in [1.29, 1.82) is 0 Å². The van der Waals surface area contributed by atoms with Gasteiger partial charge in [-0.15, -0.1) is 0 Å². The van der Waals surface area contributed by atoms with Crippen LogP contribution in [-0.2, 0) is 0 Å². The molecule has 0 unspecified atom stereocenters. The summed E-state index contributed by atoms with van der Waals surface area (Å²) in [5, 5.41) is 12.8. The molecule has 0 saturated heterocycles. The first-order chi connectivity index (χ1) is 9.98. The highest BCUT2D eigenvalue weighted by molar-refractivity contribution is 5.93. The van der Waals surface area contributed by atoms with Crippen molar-refractivity contribution in [3.8, 4) is 5.88 Å². The third kappa shape index (κ3) is 4.63. The van der Waals surface area contributed by atoms with Crippen LogP contribution in [-0.4, -0.2) is 41.2 Å². The summed E-state index contributed by atoms with van der Waals surface area (Å²) < 4.78 is 28.7. The standard InChI is InChI=1S/C14H18F2N2O3/c15-11(16)8-21-12-4-3-10(7-17-12)13(19)18-9-14(20)5-1-2-6-14/h3-4,7,11,20H,1-2,5-6,8-9H2,(H,18,19). The van der Waals surface area contributed by atoms with Gasteiger partial charge in [0.25, 0.3) is 12.3 Å². The molecule has 5 nitrogen and oxygen atoms in total. The first kappa shape index (κ1) is 15.6. The van der Waals surface area contributed by atoms with E-state index in [1.165, 1.54) is 18.3 Å². The molecule has 2 rings (SSSR count). The van der Waals surface area contributed by atoms with Crippen LogP contribution in [0.5, 0.6) is 5.88 Å². The van der Waals surface area contributed by atoms with E-state index in [9.17, 15) is 18.7 Å². The van der Waals surface area contributed by atoms with E-state index in [4.69, 9.17) is 4.74 Å². The first-order valence-electron chi connectivity index (χ1n) is 6.86. The lowest BCUT2D eigenvalue weighted by Gasteiger charge is -2.22. The smallest absolute Gasteiger partial charge is 0.272 e. The minimum atomic E-state index is -2.57. The predicted octanol–water partition coefficient (Wildman–Crippen LogP) is 1.76. The Morgan fingerprint density at radius 2 is 2.14 bits per heavy atom. The molecule has 1 aliphatic rings. The molecule has 0 aliphatic heterocycles. The zero-order valence-corrected chi connectivity index (χ0v) is 11.5. The Morgan fingerprint density at radius 3 is 2.71 bits per heavy atom. The van der Waals surface area contributed by atoms with Crippen molar-refractivity contribution in [2.75, 3.05) is 13.2 Å². The van der Waals surface area contributed by atoms with E-state index in [1.807, 2.05) is 0 Å². The molecule has 116 valence electrons. The number of nitrogens with one attached hydrogen (secondary N) is 1. The van der Waals surface area contributed by atoms with Crippen molar-refractivity contribution in [2.45, 2.75) is 37.7 Å². The summed E-state index contributed by atoms with van der Waals surface area (Å²) in [4.78, 5) is 15.7. The molecule has 1 amide bonds. The number of nitrogens with zero attached hydrogens (tertiary/aromatic N) is 1. The minimum absolute atomic E-state index is 0.0428. The molecule has 0 spiro atoms. The van der Waals surface area contributed by atoms with Gasteiger partial charge in [0.2, 0.25) is 5.88 Å². The summed E-state index contributed by atoms with van der Waals surface area (Å²) in [6.45, 7) is -0.527. The molecule has 0 radical (unpaired) electrons. The third-order valence-corrected chi connectivity index (χ3v) is 3.47. The molecule has 1 heterocycles. The van der Waals surface area contributed by atoms with Gasteiger partial charge in [-0.2, -0.15) is 0 Å². The van der Waals surface area contributed by atoms with Gasteiger partial charge in [-0.25, -0.2) is 13.8 Å². The van der Waals surface area contributed by atoms with E-state index in [2.05, 4.69) is 10.3 Å². The Bertz CT molecular complexity index is 474. The number of halogens is 2. The Labute approximate surface area is 121 Å². The zero-order valence-electron chi connectivity index (χ0n) is 11.5. The molecule has 21 heavy (non-hydrogen) atoms. The molecule has 1 aromatic rings. The van der Waals surface area contributed by atoms with E-state index in [-0.39, 0.29) is 18.3 Å². The Kier molecular flexibility index (Phi) is 5.06. The molecule has 2 N–H and O–H groups in total. The van der Waals surface area contributed by atoms with E-state index >= 15 is 0 Å². The van der Waals surface area contributed by atoms with E-state index in [0.29, 0.717) is 18.4 Å². The highest BCUT2D eigenvalue weighted by Crippen LogP contribution is 2.28. The Balaban J connectivity index is 1.84. The highest BCUT2D eigenvalue weighted by Gasteiger charge is 2.31. The second kappa shape index (κ2) is 6.80. The molecule has 7 heteroatoms. The fourth-order valence-electron chi connectivity index (χ4n) is 2.31. The molecule has 1 aromatic heterocycles. The lowest BCUT2D eigenvalue weighted by atomic mass is 10.0. The molecule has 1 fully saturated rings. The normalized spacial score (nSPS) is 17.0. The number of amides is 1. The van der Waals surface area contributed by atoms with Gasteiger partial charge in [-0.3, -0.25) is 4.79 Å². The van der Waals surface area contributed by atoms with Gasteiger partial charge in [0, 0.05) is 18.8 Å². The summed E-state index contributed by atoms with van der Waals surface area (Å²) in [5.74, 6) is -0.315. The summed E-state index contributed by atoms with van der Waals surface area (Å²) in [6.07, 6.45) is 1.99. The fraction of sp³-hybridized carbons (Fsp3) is 0.571. The Hall–Kier alpha value is -1.76. The topological polar surface area (TPSA) is 71.5 Å². The largest absolute Gasteiger partial charge is 0.472 e. The maximum atomic E-state index is 12.0. The van der Waals surface area contributed by atoms with Crippen LogP contribution in [0.2, 0.25) is 0 Å². The van der Waals surface area contributed by atoms with Gasteiger partial charge < -0.3 is 15.2 Å². The summed E-state index contributed by atoms with van der Waals surface area (Å²) in [7, 11) is 0. The highest BCUT2D eigenvalue weighted by atomic mass is 19.3. The maximum absolute atomic E-state index is 12.0. The second-order valence-electron chi connectivity index (χ2n) is 5.20. The van der Waals surface area contributed by atoms with Crippen LogP contribution in [0.4, 0.5) is 8.78 Å². The van der Waals surface area contributed by atoms with Crippen molar-refractivity contribution in [3.63, 3.8) is 0 Å². The number of ether oxygens (including phenoxy) is 1. The van der Waals surface area contributed by atoms with E-state index in [1.54, 1.807) is 0 Å². The van der Waals surface area contributed by atoms with Crippen LogP contribution in [0.25, 0.3) is 0 Å². The third-order valence-electron chi connectivity index (χ3n) is 3.47. The number of hydrogen-bond acceptors (Lipinski definition) is 4. The van der Waals surface area contributed by atoms with Crippen LogP contribution in [0, 0.1) is 0 Å². The molecular weight excluding hydrogens is 282 g/mol. The van der Waals surface area contributed by atoms with Crippen LogP contribution < -0.4 is 10.1 Å². The quantitative estimate of drug-likeness (QED) is 0.840. The fourth-order valence-corrected chi connectivity index (χ4v) is 2.31. The zero-order chi connectivity index (χ0) is 15.3. The van der Waals surface area contributed by atoms with E-state index in [0.717, 1.165) is 12.8 Å². The summed E-state index contributed by atoms with van der Waals surface area (Å²) in [6, 6.07) is 2.81. The number of hydrogen-bond donors (Lipinski definition) is 2. The number of carbonyl (C=O) groups is 1. The Morgan fingerprint density at radius 1 is 1.43 bits per heavy atom. The summed E-state index contributed by atoms with van der Waals surface area (Å²) in [5.41, 5.74) is -0.523. The second-order valence-corrected chi connectivity index (χ2v) is 5.20. The number of pyridine rings is 1. The number of alkyl halides is 2. The van der Waals surface area contributed by atoms with Crippen molar-refractivity contribution >= 4 is 5.91 Å². The lowest BCUT2D eigenvalue weighted by molar-refractivity contribution is 0.0449. The van der Waals surface area contributed by atoms with Crippen LogP contribution >= 0.6 is 0 Å². The molecule has 1 saturated carbocycles. The molecule has 0 aromatic carbocycles. The average Bonchev–Trinajstić information content (AvgIpc) is 2.90. The number of aromatic nitrogens is 1. The van der Waals surface area contributed by atoms with Gasteiger partial charge in [-0.05, 0) is 18.9 Å². The first-order valence-corrected chi connectivity index (χ1v) is 6.86. The molecule has 0 bridgehead atoms. The number of rotatable bonds is 6. The predicted molar refractivity (Wildman–Crippen MR) is 71.5 cm³/mol. The van der Waals surface area contributed by atoms with Crippen molar-refractivity contribution in [2.24, 2.45) is 0 Å². The van der Waals surface area contributed by atoms with Crippen LogP contribution in [0.1, 0.15) is 36.0 Å². The van der Waals surface area contributed by atoms with Crippen molar-refractivity contribution in [3.05, 3.63) is 23.9 Å². The van der Waals surface area contributed by atoms with Gasteiger partial charge in [0.05, 0.1) is 11.2 Å². The van der Waals surface area contributed by atoms with Crippen molar-refractivity contribution < 1.29 is 23.4 Å². The number of carbonyl (C=O) groups excluding carboxylic acids is 1. The minimum Gasteiger partial charge on any atom is -0.472 e. The summed E-state index contributed by atoms with van der Waals surface area (Å²) >= 11 is 0. The van der Waals surface area contributed by atoms with Crippen LogP contribution in [0.3, 0.4) is 0 Å². The lowest BCUT2D eigenvalue weighted by Crippen LogP contribution is -2.40. The molecule has 1 aliphatic carbocycles. The van der Waals surface area contributed by atoms with Gasteiger partial charge >= 0.3 is 0 Å². The molecular formula is C14H18F2N2O3. The van der Waals surface area contributed by atoms with E-state index < -0.39 is 18.6 Å². The van der Waals surface area contributed by atoms with Gasteiger partial charge in [0.15, 0.2) is 6.61 Å². The van der Waals surface area contributed by atoms with Crippen LogP contribution in [0.15, 0.2) is 18.3 Å². The maximum Gasteiger partial charge on any atom is 0.272 e. The SMILES string of the molecule is O=C(NCC1(O)CCCC1)c1ccc(OCC(F)F)nc1.